The van der Waals surface area contributed by atoms with Crippen LogP contribution in [0.5, 0.6) is 0 Å². The fourth-order valence-electron chi connectivity index (χ4n) is 13.0. The van der Waals surface area contributed by atoms with Gasteiger partial charge in [0.25, 0.3) is 7.82 Å². The van der Waals surface area contributed by atoms with E-state index in [0.29, 0.717) is 17.4 Å². The van der Waals surface area contributed by atoms with Gasteiger partial charge in [-0.2, -0.15) is 0 Å². The normalized spacial score (nSPS) is 13.0. The summed E-state index contributed by atoms with van der Waals surface area (Å²) in [4.78, 5) is 38.2. The maximum Gasteiger partial charge on any atom is 0.306 e. The Labute approximate surface area is 575 Å². The van der Waals surface area contributed by atoms with E-state index in [1.54, 1.807) is 0 Å². The Morgan fingerprint density at radius 1 is 0.326 bits per heavy atom. The molecule has 0 heterocycles. The highest BCUT2D eigenvalue weighted by Crippen LogP contribution is 2.38. The predicted molar refractivity (Wildman–Crippen MR) is 398 cm³/mol. The molecular weight excluding hydrogens is 1160 g/mol. The summed E-state index contributed by atoms with van der Waals surface area (Å²) in [6.45, 7) is 4.34. The number of carbonyl (C=O) groups is 2. The monoisotopic (exact) mass is 1320 g/mol. The first-order valence-corrected chi connectivity index (χ1v) is 42.9. The number of unbranched alkanes of at least 4 members (excludes halogenated alkanes) is 63. The first-order chi connectivity index (χ1) is 45.0. The van der Waals surface area contributed by atoms with Crippen molar-refractivity contribution in [3.8, 4) is 0 Å². The number of ether oxygens (including phenoxy) is 2. The average molecular weight is 1320 g/mol. The minimum absolute atomic E-state index is 0.0254. The topological polar surface area (TPSA) is 111 Å². The highest BCUT2D eigenvalue weighted by molar-refractivity contribution is 7.45. The molecule has 0 aliphatic rings. The van der Waals surface area contributed by atoms with Gasteiger partial charge in [-0.25, -0.2) is 0 Å². The van der Waals surface area contributed by atoms with Gasteiger partial charge in [0, 0.05) is 12.8 Å². The Balaban J connectivity index is 3.87. The van der Waals surface area contributed by atoms with Crippen LogP contribution < -0.4 is 4.89 Å². The SMILES string of the molecule is CCCCCCCCCC/C=C\CCCCCCCCCCCCCCCCCCCCCCCCCCCC(=O)OC(COC(=O)CCCCCCCCCCCCCCCCCCCCCCCCCCCCCCCCC)COP(=O)([O-])OCC[N+](C)(C)C. The third-order valence-electron chi connectivity index (χ3n) is 19.3. The number of quaternary nitrogens is 1. The van der Waals surface area contributed by atoms with Crippen LogP contribution in [0.3, 0.4) is 0 Å². The molecule has 0 fully saturated rings. The van der Waals surface area contributed by atoms with Gasteiger partial charge < -0.3 is 27.9 Å². The summed E-state index contributed by atoms with van der Waals surface area (Å²) in [5, 5.41) is 0. The van der Waals surface area contributed by atoms with Crippen LogP contribution in [0.1, 0.15) is 450 Å². The molecule has 0 aromatic rings. The summed E-state index contributed by atoms with van der Waals surface area (Å²) < 4.78 is 34.4. The summed E-state index contributed by atoms with van der Waals surface area (Å²) in [6.07, 6.45) is 93.6. The molecule has 2 unspecified atom stereocenters. The van der Waals surface area contributed by atoms with E-state index in [-0.39, 0.29) is 32.0 Å². The second kappa shape index (κ2) is 74.0. The zero-order valence-electron chi connectivity index (χ0n) is 62.8. The minimum atomic E-state index is -4.64. The molecule has 0 rings (SSSR count). The lowest BCUT2D eigenvalue weighted by Gasteiger charge is -2.28. The lowest BCUT2D eigenvalue weighted by atomic mass is 10.0. The Bertz CT molecular complexity index is 1550. The second-order valence-electron chi connectivity index (χ2n) is 29.9. The van der Waals surface area contributed by atoms with Crippen molar-refractivity contribution in [1.82, 2.24) is 0 Å². The van der Waals surface area contributed by atoms with Crippen molar-refractivity contribution in [2.24, 2.45) is 0 Å². The minimum Gasteiger partial charge on any atom is -0.756 e. The Hall–Kier alpha value is -1.25. The maximum absolute atomic E-state index is 12.9. The van der Waals surface area contributed by atoms with Crippen LogP contribution in [0.2, 0.25) is 0 Å². The molecule has 548 valence electrons. The van der Waals surface area contributed by atoms with Crippen molar-refractivity contribution in [3.63, 3.8) is 0 Å². The van der Waals surface area contributed by atoms with E-state index in [2.05, 4.69) is 26.0 Å². The van der Waals surface area contributed by atoms with E-state index < -0.39 is 26.5 Å². The van der Waals surface area contributed by atoms with Crippen LogP contribution >= 0.6 is 7.82 Å². The molecule has 0 amide bonds. The van der Waals surface area contributed by atoms with Gasteiger partial charge in [-0.05, 0) is 38.5 Å². The highest BCUT2D eigenvalue weighted by Gasteiger charge is 2.22. The lowest BCUT2D eigenvalue weighted by molar-refractivity contribution is -0.870. The number of esters is 2. The molecule has 0 bridgehead atoms. The molecule has 92 heavy (non-hydrogen) atoms. The lowest BCUT2D eigenvalue weighted by Crippen LogP contribution is -2.37. The van der Waals surface area contributed by atoms with Crippen molar-refractivity contribution in [2.45, 2.75) is 457 Å². The van der Waals surface area contributed by atoms with Crippen molar-refractivity contribution < 1.29 is 42.1 Å². The molecule has 0 saturated carbocycles. The number of nitrogens with zero attached hydrogens (tertiary/aromatic N) is 1. The van der Waals surface area contributed by atoms with Gasteiger partial charge in [0.05, 0.1) is 27.7 Å². The number of likely N-dealkylation sites (N-methyl/N-ethyl adjacent to an activating group) is 1. The van der Waals surface area contributed by atoms with Crippen molar-refractivity contribution in [2.75, 3.05) is 47.5 Å². The average Bonchev–Trinajstić information content (AvgIpc) is 2.34. The van der Waals surface area contributed by atoms with Crippen molar-refractivity contribution in [1.29, 1.82) is 0 Å². The molecule has 10 heteroatoms. The van der Waals surface area contributed by atoms with E-state index in [1.807, 2.05) is 21.1 Å². The number of hydrogen-bond acceptors (Lipinski definition) is 8. The predicted octanol–water partition coefficient (Wildman–Crippen LogP) is 26.8. The van der Waals surface area contributed by atoms with Gasteiger partial charge in [0.2, 0.25) is 0 Å². The largest absolute Gasteiger partial charge is 0.756 e. The highest BCUT2D eigenvalue weighted by atomic mass is 31.2. The van der Waals surface area contributed by atoms with Gasteiger partial charge in [-0.15, -0.1) is 0 Å². The van der Waals surface area contributed by atoms with Crippen LogP contribution in [-0.2, 0) is 32.7 Å². The van der Waals surface area contributed by atoms with Gasteiger partial charge >= 0.3 is 11.9 Å². The first kappa shape index (κ1) is 90.8. The molecule has 0 aliphatic heterocycles. The van der Waals surface area contributed by atoms with Crippen molar-refractivity contribution >= 4 is 19.8 Å². The molecule has 0 aromatic carbocycles. The van der Waals surface area contributed by atoms with E-state index in [0.717, 1.165) is 32.1 Å². The van der Waals surface area contributed by atoms with Crippen molar-refractivity contribution in [3.05, 3.63) is 12.2 Å². The molecule has 0 spiro atoms. The molecule has 0 saturated heterocycles. The second-order valence-corrected chi connectivity index (χ2v) is 31.3. The first-order valence-electron chi connectivity index (χ1n) is 41.4. The Morgan fingerprint density at radius 3 is 0.804 bits per heavy atom. The molecular formula is C82H162NO8P. The van der Waals surface area contributed by atoms with Gasteiger partial charge in [0.15, 0.2) is 6.10 Å². The molecule has 0 radical (unpaired) electrons. The summed E-state index contributed by atoms with van der Waals surface area (Å²) in [5.74, 6) is -0.801. The molecule has 0 aromatic heterocycles. The Kier molecular flexibility index (Phi) is 73.0. The third-order valence-corrected chi connectivity index (χ3v) is 20.2. The van der Waals surface area contributed by atoms with Gasteiger partial charge in [-0.3, -0.25) is 14.2 Å². The summed E-state index contributed by atoms with van der Waals surface area (Å²) in [7, 11) is 1.20. The zero-order valence-corrected chi connectivity index (χ0v) is 63.7. The van der Waals surface area contributed by atoms with E-state index in [4.69, 9.17) is 18.5 Å². The quantitative estimate of drug-likeness (QED) is 0.0195. The number of hydrogen-bond donors (Lipinski definition) is 0. The molecule has 0 aliphatic carbocycles. The number of rotatable bonds is 79. The van der Waals surface area contributed by atoms with Gasteiger partial charge in [0.1, 0.15) is 19.8 Å². The van der Waals surface area contributed by atoms with E-state index in [9.17, 15) is 19.0 Å². The third kappa shape index (κ3) is 77.8. The van der Waals surface area contributed by atoms with Gasteiger partial charge in [-0.1, -0.05) is 411 Å². The fraction of sp³-hybridized carbons (Fsp3) is 0.951. The maximum atomic E-state index is 12.9. The Morgan fingerprint density at radius 2 is 0.554 bits per heavy atom. The summed E-state index contributed by atoms with van der Waals surface area (Å²) in [6, 6.07) is 0. The summed E-state index contributed by atoms with van der Waals surface area (Å²) in [5.41, 5.74) is 0. The van der Waals surface area contributed by atoms with E-state index >= 15 is 0 Å². The molecule has 0 N–H and O–H groups in total. The van der Waals surface area contributed by atoms with Crippen LogP contribution in [0.4, 0.5) is 0 Å². The van der Waals surface area contributed by atoms with Crippen LogP contribution in [0.25, 0.3) is 0 Å². The zero-order chi connectivity index (χ0) is 66.9. The molecule has 2 atom stereocenters. The molecule has 9 nitrogen and oxygen atoms in total. The van der Waals surface area contributed by atoms with Crippen LogP contribution in [-0.4, -0.2) is 70.0 Å². The number of phosphoric ester groups is 1. The number of allylic oxidation sites excluding steroid dienone is 2. The van der Waals surface area contributed by atoms with Crippen LogP contribution in [0, 0.1) is 0 Å². The standard InChI is InChI=1S/C82H162NO8P/c1-6-8-10-12-14-16-18-20-22-24-26-28-30-32-34-36-38-39-40-41-42-43-45-47-49-51-53-55-57-59-61-63-65-67-69-71-73-75-82(85)91-80(79-90-92(86,87)89-77-76-83(3,4)5)78-88-81(84)74-72-70-68-66-64-62-60-58-56-54-52-50-48-46-44-37-35-33-31-29-27-25-23-21-19-17-15-13-11-9-7-2/h24,26,80H,6-23,25,27-79H2,1-5H3/b26-24-. The smallest absolute Gasteiger partial charge is 0.306 e. The summed E-state index contributed by atoms with van der Waals surface area (Å²) >= 11 is 0. The van der Waals surface area contributed by atoms with E-state index in [1.165, 1.54) is 385 Å². The number of carbonyl (C=O) groups excluding carboxylic acids is 2. The number of phosphoric acid groups is 1. The van der Waals surface area contributed by atoms with Crippen LogP contribution in [0.15, 0.2) is 12.2 Å². The fourth-order valence-corrected chi connectivity index (χ4v) is 13.7.